The van der Waals surface area contributed by atoms with E-state index in [2.05, 4.69) is 62.5 Å². The Kier molecular flexibility index (Phi) is 22.5. The van der Waals surface area contributed by atoms with Gasteiger partial charge in [0.15, 0.2) is 0 Å². The van der Waals surface area contributed by atoms with Crippen LogP contribution in [-0.2, 0) is 4.79 Å². The first-order valence-electron chi connectivity index (χ1n) is 13.6. The molecule has 3 heteroatoms. The summed E-state index contributed by atoms with van der Waals surface area (Å²) in [6, 6.07) is 0. The Hall–Kier alpha value is -2.13. The third-order valence-corrected chi connectivity index (χ3v) is 5.63. The molecule has 0 aliphatic heterocycles. The molecule has 1 unspecified atom stereocenters. The first-order valence-corrected chi connectivity index (χ1v) is 13.6. The van der Waals surface area contributed by atoms with Crippen molar-refractivity contribution in [3.8, 4) is 0 Å². The molecular weight excluding hydrogens is 418 g/mol. The average molecular weight is 470 g/mol. The Labute approximate surface area is 210 Å². The summed E-state index contributed by atoms with van der Waals surface area (Å²) >= 11 is 0. The number of unbranched alkanes of at least 4 members (excludes halogenated alkanes) is 7. The van der Waals surface area contributed by atoms with Gasteiger partial charge in [-0.2, -0.15) is 0 Å². The monoisotopic (exact) mass is 469 g/mol. The van der Waals surface area contributed by atoms with E-state index in [9.17, 15) is 9.90 Å². The van der Waals surface area contributed by atoms with Crippen molar-refractivity contribution in [2.24, 2.45) is 0 Å². The Bertz CT molecular complexity index is 654. The van der Waals surface area contributed by atoms with E-state index in [1.54, 1.807) is 6.08 Å². The fourth-order valence-electron chi connectivity index (χ4n) is 3.44. The Balaban J connectivity index is 4.11. The molecular formula is C31H51NO2. The molecule has 0 heterocycles. The zero-order valence-corrected chi connectivity index (χ0v) is 22.2. The van der Waals surface area contributed by atoms with Crippen LogP contribution in [0.1, 0.15) is 104 Å². The number of rotatable bonds is 21. The van der Waals surface area contributed by atoms with E-state index in [-0.39, 0.29) is 5.91 Å². The number of allylic oxidation sites excluding steroid dienone is 11. The quantitative estimate of drug-likeness (QED) is 0.101. The van der Waals surface area contributed by atoms with Crippen LogP contribution in [0.5, 0.6) is 0 Å². The second-order valence-electron chi connectivity index (χ2n) is 8.99. The van der Waals surface area contributed by atoms with Gasteiger partial charge in [0.25, 0.3) is 0 Å². The maximum Gasteiger partial charge on any atom is 0.244 e. The molecule has 3 nitrogen and oxygen atoms in total. The zero-order valence-electron chi connectivity index (χ0n) is 22.2. The molecule has 0 rings (SSSR count). The van der Waals surface area contributed by atoms with Crippen molar-refractivity contribution in [2.45, 2.75) is 110 Å². The van der Waals surface area contributed by atoms with Crippen LogP contribution in [0.15, 0.2) is 72.9 Å². The fraction of sp³-hybridized carbons (Fsp3) is 0.581. The maximum atomic E-state index is 12.1. The van der Waals surface area contributed by atoms with E-state index in [0.717, 1.165) is 57.8 Å². The number of aliphatic hydroxyl groups is 1. The summed E-state index contributed by atoms with van der Waals surface area (Å²) in [5.74, 6) is -0.147. The third kappa shape index (κ3) is 21.7. The molecule has 0 fully saturated rings. The summed E-state index contributed by atoms with van der Waals surface area (Å²) in [6.07, 6.45) is 37.6. The average Bonchev–Trinajstić information content (AvgIpc) is 2.84. The Morgan fingerprint density at radius 2 is 1.18 bits per heavy atom. The van der Waals surface area contributed by atoms with Crippen molar-refractivity contribution in [3.05, 3.63) is 72.9 Å². The standard InChI is InChI=1S/C31H51NO2/c1-4-7-10-12-13-14-15-16-17-18-19-20-21-22-23-24-26-30(33)32-29-31(34,27-9-6-3)28-25-11-8-5-2/h12-19,22-24,26,34H,4-11,20-21,25,27-29H2,1-3H3,(H,32,33). The van der Waals surface area contributed by atoms with E-state index in [0.29, 0.717) is 6.54 Å². The van der Waals surface area contributed by atoms with Gasteiger partial charge in [-0.25, -0.2) is 0 Å². The van der Waals surface area contributed by atoms with Gasteiger partial charge in [-0.1, -0.05) is 139 Å². The lowest BCUT2D eigenvalue weighted by molar-refractivity contribution is -0.118. The van der Waals surface area contributed by atoms with Crippen molar-refractivity contribution in [2.75, 3.05) is 6.54 Å². The molecule has 0 aliphatic carbocycles. The molecule has 34 heavy (non-hydrogen) atoms. The largest absolute Gasteiger partial charge is 0.388 e. The van der Waals surface area contributed by atoms with E-state index in [4.69, 9.17) is 0 Å². The second kappa shape index (κ2) is 24.0. The molecule has 0 aromatic rings. The molecule has 0 aromatic carbocycles. The minimum absolute atomic E-state index is 0.147. The molecule has 0 radical (unpaired) electrons. The summed E-state index contributed by atoms with van der Waals surface area (Å²) in [4.78, 5) is 12.1. The van der Waals surface area contributed by atoms with Crippen LogP contribution >= 0.6 is 0 Å². The minimum atomic E-state index is -0.787. The highest BCUT2D eigenvalue weighted by atomic mass is 16.3. The van der Waals surface area contributed by atoms with Gasteiger partial charge in [0.2, 0.25) is 5.91 Å². The maximum absolute atomic E-state index is 12.1. The van der Waals surface area contributed by atoms with Crippen molar-refractivity contribution < 1.29 is 9.90 Å². The topological polar surface area (TPSA) is 49.3 Å². The lowest BCUT2D eigenvalue weighted by Gasteiger charge is -2.28. The predicted molar refractivity (Wildman–Crippen MR) is 150 cm³/mol. The van der Waals surface area contributed by atoms with Crippen LogP contribution in [0, 0.1) is 0 Å². The van der Waals surface area contributed by atoms with Crippen molar-refractivity contribution in [3.63, 3.8) is 0 Å². The van der Waals surface area contributed by atoms with Gasteiger partial charge >= 0.3 is 0 Å². The fourth-order valence-corrected chi connectivity index (χ4v) is 3.44. The molecule has 0 saturated carbocycles. The Morgan fingerprint density at radius 3 is 1.79 bits per heavy atom. The molecule has 1 atom stereocenters. The number of carbonyl (C=O) groups is 1. The highest BCUT2D eigenvalue weighted by Crippen LogP contribution is 2.21. The summed E-state index contributed by atoms with van der Waals surface area (Å²) < 4.78 is 0. The molecule has 0 aromatic heterocycles. The van der Waals surface area contributed by atoms with E-state index in [1.165, 1.54) is 31.8 Å². The minimum Gasteiger partial charge on any atom is -0.388 e. The van der Waals surface area contributed by atoms with Gasteiger partial charge < -0.3 is 10.4 Å². The normalized spacial score (nSPS) is 14.6. The predicted octanol–water partition coefficient (Wildman–Crippen LogP) is 8.30. The molecule has 192 valence electrons. The summed E-state index contributed by atoms with van der Waals surface area (Å²) in [5, 5.41) is 13.8. The first kappa shape index (κ1) is 31.9. The van der Waals surface area contributed by atoms with E-state index < -0.39 is 5.60 Å². The van der Waals surface area contributed by atoms with Crippen molar-refractivity contribution in [1.82, 2.24) is 5.32 Å². The summed E-state index contributed by atoms with van der Waals surface area (Å²) in [6.45, 7) is 6.85. The molecule has 0 saturated heterocycles. The van der Waals surface area contributed by atoms with Gasteiger partial charge in [-0.15, -0.1) is 0 Å². The van der Waals surface area contributed by atoms with Crippen LogP contribution < -0.4 is 5.32 Å². The highest BCUT2D eigenvalue weighted by molar-refractivity contribution is 5.87. The number of nitrogens with one attached hydrogen (secondary N) is 1. The van der Waals surface area contributed by atoms with Gasteiger partial charge in [-0.05, 0) is 32.1 Å². The summed E-state index contributed by atoms with van der Waals surface area (Å²) in [7, 11) is 0. The lowest BCUT2D eigenvalue weighted by Crippen LogP contribution is -2.42. The number of carbonyl (C=O) groups excluding carboxylic acids is 1. The van der Waals surface area contributed by atoms with Crippen molar-refractivity contribution in [1.29, 1.82) is 0 Å². The van der Waals surface area contributed by atoms with Crippen molar-refractivity contribution >= 4 is 5.91 Å². The Morgan fingerprint density at radius 1 is 0.647 bits per heavy atom. The van der Waals surface area contributed by atoms with Gasteiger partial charge in [0.05, 0.1) is 5.60 Å². The number of amides is 1. The highest BCUT2D eigenvalue weighted by Gasteiger charge is 2.25. The molecule has 0 aliphatic rings. The van der Waals surface area contributed by atoms with Crippen LogP contribution in [0.2, 0.25) is 0 Å². The summed E-state index contributed by atoms with van der Waals surface area (Å²) in [5.41, 5.74) is -0.787. The van der Waals surface area contributed by atoms with E-state index in [1.807, 2.05) is 24.3 Å². The molecule has 1 amide bonds. The van der Waals surface area contributed by atoms with E-state index >= 15 is 0 Å². The SMILES string of the molecule is CCCCC=CC=CC=CC=CCCC=CC=CC(=O)NCC(O)(CCCC)CCCCCC. The lowest BCUT2D eigenvalue weighted by atomic mass is 9.90. The molecule has 2 N–H and O–H groups in total. The van der Waals surface area contributed by atoms with Gasteiger partial charge in [0.1, 0.15) is 0 Å². The van der Waals surface area contributed by atoms with Crippen LogP contribution in [0.4, 0.5) is 0 Å². The zero-order chi connectivity index (χ0) is 25.2. The third-order valence-electron chi connectivity index (χ3n) is 5.63. The second-order valence-corrected chi connectivity index (χ2v) is 8.99. The van der Waals surface area contributed by atoms with Crippen LogP contribution in [-0.4, -0.2) is 23.2 Å². The molecule has 0 spiro atoms. The number of hydrogen-bond donors (Lipinski definition) is 2. The first-order chi connectivity index (χ1) is 16.6. The van der Waals surface area contributed by atoms with Gasteiger partial charge in [0, 0.05) is 12.6 Å². The van der Waals surface area contributed by atoms with Crippen LogP contribution in [0.3, 0.4) is 0 Å². The smallest absolute Gasteiger partial charge is 0.244 e. The van der Waals surface area contributed by atoms with Crippen LogP contribution in [0.25, 0.3) is 0 Å². The van der Waals surface area contributed by atoms with Gasteiger partial charge in [-0.3, -0.25) is 4.79 Å². The number of hydrogen-bond acceptors (Lipinski definition) is 2. The molecule has 0 bridgehead atoms.